The molecule has 29 heavy (non-hydrogen) atoms. The van der Waals surface area contributed by atoms with Crippen LogP contribution in [-0.4, -0.2) is 54.0 Å². The Morgan fingerprint density at radius 3 is 2.59 bits per heavy atom. The van der Waals surface area contributed by atoms with Crippen molar-refractivity contribution in [3.8, 4) is 5.75 Å². The normalized spacial score (nSPS) is 15.8. The zero-order valence-corrected chi connectivity index (χ0v) is 17.8. The maximum atomic E-state index is 12.3. The Kier molecular flexibility index (Phi) is 6.71. The third-order valence-electron chi connectivity index (χ3n) is 4.62. The molecule has 1 aromatic carbocycles. The fourth-order valence-corrected chi connectivity index (χ4v) is 4.08. The highest BCUT2D eigenvalue weighted by atomic mass is 35.5. The molecule has 3 rings (SSSR count). The Balaban J connectivity index is 1.55. The molecular formula is C19H23ClN4O4S. The maximum absolute atomic E-state index is 12.3. The number of hydrogen-bond acceptors (Lipinski definition) is 6. The van der Waals surface area contributed by atoms with Gasteiger partial charge in [-0.15, -0.1) is 0 Å². The molecule has 0 atom stereocenters. The van der Waals surface area contributed by atoms with Gasteiger partial charge in [0.1, 0.15) is 11.9 Å². The van der Waals surface area contributed by atoms with E-state index in [0.717, 1.165) is 5.69 Å². The molecule has 1 aliphatic heterocycles. The molecule has 1 aromatic heterocycles. The van der Waals surface area contributed by atoms with E-state index in [1.165, 1.54) is 10.6 Å². The van der Waals surface area contributed by atoms with Gasteiger partial charge >= 0.3 is 0 Å². The van der Waals surface area contributed by atoms with Crippen LogP contribution < -0.4 is 10.1 Å². The topological polar surface area (TPSA) is 101 Å². The number of amides is 1. The molecule has 1 N–H and O–H groups in total. The van der Waals surface area contributed by atoms with Gasteiger partial charge in [-0.05, 0) is 38.0 Å². The number of carbonyl (C=O) groups excluding carboxylic acids is 1. The second-order valence-electron chi connectivity index (χ2n) is 6.96. The summed E-state index contributed by atoms with van der Waals surface area (Å²) in [7, 11) is -3.17. The van der Waals surface area contributed by atoms with Crippen molar-refractivity contribution in [3.05, 3.63) is 52.6 Å². The third kappa shape index (κ3) is 5.88. The van der Waals surface area contributed by atoms with E-state index in [0.29, 0.717) is 48.0 Å². The predicted molar refractivity (Wildman–Crippen MR) is 109 cm³/mol. The largest absolute Gasteiger partial charge is 0.489 e. The van der Waals surface area contributed by atoms with E-state index in [1.807, 2.05) is 6.92 Å². The van der Waals surface area contributed by atoms with Gasteiger partial charge < -0.3 is 10.1 Å². The monoisotopic (exact) mass is 438 g/mol. The molecular weight excluding hydrogens is 416 g/mol. The molecule has 2 aromatic rings. The van der Waals surface area contributed by atoms with Crippen LogP contribution in [0.5, 0.6) is 5.75 Å². The lowest BCUT2D eigenvalue weighted by atomic mass is 10.1. The van der Waals surface area contributed by atoms with Crippen LogP contribution in [0.1, 0.15) is 34.6 Å². The van der Waals surface area contributed by atoms with Crippen molar-refractivity contribution < 1.29 is 17.9 Å². The summed E-state index contributed by atoms with van der Waals surface area (Å²) in [5, 5.41) is 3.11. The SMILES string of the molecule is Cc1cnc(CNC(=O)c2ccc(OC3CCN(S(C)(=O)=O)CC3)c(Cl)c2)cn1. The van der Waals surface area contributed by atoms with Crippen molar-refractivity contribution >= 4 is 27.5 Å². The third-order valence-corrected chi connectivity index (χ3v) is 6.22. The van der Waals surface area contributed by atoms with E-state index >= 15 is 0 Å². The van der Waals surface area contributed by atoms with Crippen molar-refractivity contribution in [2.24, 2.45) is 0 Å². The molecule has 0 bridgehead atoms. The van der Waals surface area contributed by atoms with Crippen molar-refractivity contribution in [1.82, 2.24) is 19.6 Å². The van der Waals surface area contributed by atoms with E-state index in [1.54, 1.807) is 30.6 Å². The Labute approximate surface area is 175 Å². The molecule has 0 unspecified atom stereocenters. The van der Waals surface area contributed by atoms with Gasteiger partial charge in [0.15, 0.2) is 0 Å². The summed E-state index contributed by atoms with van der Waals surface area (Å²) in [6.45, 7) is 2.95. The van der Waals surface area contributed by atoms with Gasteiger partial charge in [-0.1, -0.05) is 11.6 Å². The van der Waals surface area contributed by atoms with Gasteiger partial charge in [0.05, 0.1) is 35.4 Å². The fraction of sp³-hybridized carbons (Fsp3) is 0.421. The summed E-state index contributed by atoms with van der Waals surface area (Å²) in [5.74, 6) is 0.202. The summed E-state index contributed by atoms with van der Waals surface area (Å²) in [6.07, 6.45) is 5.52. The van der Waals surface area contributed by atoms with Crippen LogP contribution in [0, 0.1) is 6.92 Å². The maximum Gasteiger partial charge on any atom is 0.251 e. The highest BCUT2D eigenvalue weighted by molar-refractivity contribution is 7.88. The van der Waals surface area contributed by atoms with Crippen LogP contribution in [-0.2, 0) is 16.6 Å². The summed E-state index contributed by atoms with van der Waals surface area (Å²) < 4.78 is 30.5. The summed E-state index contributed by atoms with van der Waals surface area (Å²) >= 11 is 6.29. The number of nitrogens with zero attached hydrogens (tertiary/aromatic N) is 3. The van der Waals surface area contributed by atoms with Gasteiger partial charge in [-0.3, -0.25) is 14.8 Å². The first-order valence-corrected chi connectivity index (χ1v) is 11.4. The lowest BCUT2D eigenvalue weighted by Crippen LogP contribution is -2.41. The second-order valence-corrected chi connectivity index (χ2v) is 9.35. The number of sulfonamides is 1. The number of ether oxygens (including phenoxy) is 1. The molecule has 8 nitrogen and oxygen atoms in total. The second kappa shape index (κ2) is 9.06. The Morgan fingerprint density at radius 2 is 2.00 bits per heavy atom. The molecule has 1 saturated heterocycles. The molecule has 10 heteroatoms. The van der Waals surface area contributed by atoms with Crippen molar-refractivity contribution in [1.29, 1.82) is 0 Å². The number of nitrogens with one attached hydrogen (secondary N) is 1. The van der Waals surface area contributed by atoms with Crippen LogP contribution in [0.4, 0.5) is 0 Å². The number of hydrogen-bond donors (Lipinski definition) is 1. The van der Waals surface area contributed by atoms with E-state index in [2.05, 4.69) is 15.3 Å². The molecule has 0 saturated carbocycles. The van der Waals surface area contributed by atoms with Crippen molar-refractivity contribution in [2.75, 3.05) is 19.3 Å². The zero-order chi connectivity index (χ0) is 21.0. The van der Waals surface area contributed by atoms with Gasteiger partial charge in [0, 0.05) is 24.8 Å². The molecule has 2 heterocycles. The molecule has 1 fully saturated rings. The van der Waals surface area contributed by atoms with E-state index in [9.17, 15) is 13.2 Å². The molecule has 1 aliphatic rings. The summed E-state index contributed by atoms with van der Waals surface area (Å²) in [6, 6.07) is 4.85. The smallest absolute Gasteiger partial charge is 0.251 e. The van der Waals surface area contributed by atoms with E-state index < -0.39 is 10.0 Å². The van der Waals surface area contributed by atoms with Gasteiger partial charge in [-0.25, -0.2) is 12.7 Å². The quantitative estimate of drug-likeness (QED) is 0.741. The minimum Gasteiger partial charge on any atom is -0.489 e. The van der Waals surface area contributed by atoms with Crippen LogP contribution in [0.3, 0.4) is 0 Å². The first-order chi connectivity index (χ1) is 13.7. The predicted octanol–water partition coefficient (Wildman–Crippen LogP) is 2.17. The minimum atomic E-state index is -3.17. The van der Waals surface area contributed by atoms with Crippen molar-refractivity contribution in [2.45, 2.75) is 32.4 Å². The zero-order valence-electron chi connectivity index (χ0n) is 16.3. The standard InChI is InChI=1S/C19H23ClN4O4S/c1-13-10-22-15(11-21-13)12-23-19(25)14-3-4-18(17(20)9-14)28-16-5-7-24(8-6-16)29(2,26)27/h3-4,9-11,16H,5-8,12H2,1-2H3,(H,23,25). The van der Waals surface area contributed by atoms with Crippen LogP contribution in [0.2, 0.25) is 5.02 Å². The van der Waals surface area contributed by atoms with Gasteiger partial charge in [0.2, 0.25) is 10.0 Å². The Bertz CT molecular complexity index is 974. The number of halogens is 1. The van der Waals surface area contributed by atoms with Crippen LogP contribution in [0.25, 0.3) is 0 Å². The van der Waals surface area contributed by atoms with E-state index in [-0.39, 0.29) is 18.6 Å². The molecule has 156 valence electrons. The average molecular weight is 439 g/mol. The lowest BCUT2D eigenvalue weighted by Gasteiger charge is -2.30. The molecule has 0 aliphatic carbocycles. The average Bonchev–Trinajstić information content (AvgIpc) is 2.68. The first-order valence-electron chi connectivity index (χ1n) is 9.19. The number of rotatable bonds is 6. The van der Waals surface area contributed by atoms with E-state index in [4.69, 9.17) is 16.3 Å². The Morgan fingerprint density at radius 1 is 1.28 bits per heavy atom. The summed E-state index contributed by atoms with van der Waals surface area (Å²) in [5.41, 5.74) is 1.88. The molecule has 1 amide bonds. The molecule has 0 spiro atoms. The lowest BCUT2D eigenvalue weighted by molar-refractivity contribution is 0.0950. The Hall–Kier alpha value is -2.23. The number of aryl methyl sites for hydroxylation is 1. The van der Waals surface area contributed by atoms with Gasteiger partial charge in [0.25, 0.3) is 5.91 Å². The fourth-order valence-electron chi connectivity index (χ4n) is 2.98. The molecule has 0 radical (unpaired) electrons. The minimum absolute atomic E-state index is 0.120. The first kappa shape index (κ1) is 21.5. The highest BCUT2D eigenvalue weighted by Crippen LogP contribution is 2.28. The highest BCUT2D eigenvalue weighted by Gasteiger charge is 2.26. The number of carbonyl (C=O) groups is 1. The van der Waals surface area contributed by atoms with Crippen LogP contribution in [0.15, 0.2) is 30.6 Å². The van der Waals surface area contributed by atoms with Gasteiger partial charge in [-0.2, -0.15) is 0 Å². The number of aromatic nitrogens is 2. The van der Waals surface area contributed by atoms with Crippen molar-refractivity contribution in [3.63, 3.8) is 0 Å². The number of benzene rings is 1. The van der Waals surface area contributed by atoms with Crippen LogP contribution >= 0.6 is 11.6 Å². The number of piperidine rings is 1. The summed E-state index contributed by atoms with van der Waals surface area (Å²) in [4.78, 5) is 20.7.